The molecule has 2 N–H and O–H groups in total. The van der Waals surface area contributed by atoms with Crippen molar-refractivity contribution in [3.05, 3.63) is 52.3 Å². The van der Waals surface area contributed by atoms with Crippen molar-refractivity contribution in [2.45, 2.75) is 13.8 Å². The molecule has 0 saturated heterocycles. The van der Waals surface area contributed by atoms with Gasteiger partial charge in [-0.25, -0.2) is 4.98 Å². The first kappa shape index (κ1) is 15.8. The minimum atomic E-state index is -1.39. The molecule has 0 aromatic carbocycles. The second kappa shape index (κ2) is 7.32. The van der Waals surface area contributed by atoms with Crippen LogP contribution in [-0.4, -0.2) is 27.1 Å². The summed E-state index contributed by atoms with van der Waals surface area (Å²) in [7, 11) is -1.39. The average Bonchev–Trinajstić information content (AvgIpc) is 2.35. The Kier molecular flexibility index (Phi) is 6.07. The van der Waals surface area contributed by atoms with E-state index in [4.69, 9.17) is 10.0 Å². The van der Waals surface area contributed by atoms with Gasteiger partial charge in [-0.05, 0) is 59.0 Å². The number of pyridine rings is 2. The molecule has 0 aliphatic rings. The number of halogens is 2. The summed E-state index contributed by atoms with van der Waals surface area (Å²) in [5.41, 5.74) is 2.21. The maximum Gasteiger partial charge on any atom is 0.488 e. The van der Waals surface area contributed by atoms with Crippen LogP contribution in [0, 0.1) is 19.8 Å². The van der Waals surface area contributed by atoms with Crippen LogP contribution in [0.5, 0.6) is 0 Å². The van der Waals surface area contributed by atoms with E-state index in [1.54, 1.807) is 31.3 Å². The van der Waals surface area contributed by atoms with Gasteiger partial charge in [0.25, 0.3) is 0 Å². The van der Waals surface area contributed by atoms with E-state index in [9.17, 15) is 4.39 Å². The monoisotopic (exact) mass is 326 g/mol. The molecule has 0 amide bonds. The minimum absolute atomic E-state index is 0.419. The first-order valence-corrected chi connectivity index (χ1v) is 6.26. The highest BCUT2D eigenvalue weighted by Gasteiger charge is 2.09. The van der Waals surface area contributed by atoms with Gasteiger partial charge in [0.1, 0.15) is 0 Å². The van der Waals surface area contributed by atoms with Crippen LogP contribution < -0.4 is 5.46 Å². The SMILES string of the molecule is Cc1cc(B(O)O)ccn1.Cc1cnc(F)c(Br)c1. The van der Waals surface area contributed by atoms with E-state index in [1.807, 2.05) is 6.92 Å². The predicted molar refractivity (Wildman–Crippen MR) is 75.4 cm³/mol. The predicted octanol–water partition coefficient (Wildman–Crippen LogP) is 1.36. The summed E-state index contributed by atoms with van der Waals surface area (Å²) in [5.74, 6) is -0.458. The quantitative estimate of drug-likeness (QED) is 0.613. The summed E-state index contributed by atoms with van der Waals surface area (Å²) in [6.45, 7) is 3.66. The Hall–Kier alpha value is -1.31. The highest BCUT2D eigenvalue weighted by Crippen LogP contribution is 2.12. The Bertz CT molecular complexity index is 555. The number of nitrogens with zero attached hydrogens (tertiary/aromatic N) is 2. The first-order valence-electron chi connectivity index (χ1n) is 5.46. The Labute approximate surface area is 119 Å². The lowest BCUT2D eigenvalue weighted by atomic mass is 9.81. The van der Waals surface area contributed by atoms with Gasteiger partial charge in [0.05, 0.1) is 4.47 Å². The summed E-state index contributed by atoms with van der Waals surface area (Å²) in [6, 6.07) is 4.88. The molecule has 2 rings (SSSR count). The molecule has 0 saturated carbocycles. The standard InChI is InChI=1S/C6H8BNO2.C6H5BrFN/c1-5-4-6(7(9)10)2-3-8-5;1-4-2-5(7)6(8)9-3-4/h2-4,9-10H,1H3;2-3H,1H3. The fourth-order valence-electron chi connectivity index (χ4n) is 1.24. The third-order valence-electron chi connectivity index (χ3n) is 2.15. The van der Waals surface area contributed by atoms with Gasteiger partial charge < -0.3 is 10.0 Å². The number of aryl methyl sites for hydroxylation is 2. The Morgan fingerprint density at radius 2 is 1.89 bits per heavy atom. The zero-order valence-electron chi connectivity index (χ0n) is 10.5. The fraction of sp³-hybridized carbons (Fsp3) is 0.167. The molecule has 0 bridgehead atoms. The highest BCUT2D eigenvalue weighted by molar-refractivity contribution is 9.10. The summed E-state index contributed by atoms with van der Waals surface area (Å²) in [6.07, 6.45) is 3.03. The molecule has 2 heterocycles. The Balaban J connectivity index is 0.000000191. The van der Waals surface area contributed by atoms with E-state index in [-0.39, 0.29) is 0 Å². The molecule has 2 aromatic rings. The molecule has 0 spiro atoms. The smallest absolute Gasteiger partial charge is 0.423 e. The lowest BCUT2D eigenvalue weighted by Gasteiger charge is -1.97. The molecule has 0 aliphatic heterocycles. The molecular weight excluding hydrogens is 314 g/mol. The van der Waals surface area contributed by atoms with Gasteiger partial charge in [-0.3, -0.25) is 4.98 Å². The normalized spacial score (nSPS) is 9.58. The van der Waals surface area contributed by atoms with E-state index < -0.39 is 13.1 Å². The van der Waals surface area contributed by atoms with Crippen LogP contribution in [0.2, 0.25) is 0 Å². The van der Waals surface area contributed by atoms with Crippen LogP contribution in [-0.2, 0) is 0 Å². The van der Waals surface area contributed by atoms with Crippen LogP contribution in [0.15, 0.2) is 35.1 Å². The zero-order valence-corrected chi connectivity index (χ0v) is 12.1. The van der Waals surface area contributed by atoms with Crippen molar-refractivity contribution < 1.29 is 14.4 Å². The van der Waals surface area contributed by atoms with Gasteiger partial charge in [-0.2, -0.15) is 4.39 Å². The van der Waals surface area contributed by atoms with Crippen LogP contribution >= 0.6 is 15.9 Å². The second-order valence-corrected chi connectivity index (χ2v) is 4.74. The molecule has 0 unspecified atom stereocenters. The minimum Gasteiger partial charge on any atom is -0.423 e. The van der Waals surface area contributed by atoms with Crippen molar-refractivity contribution in [2.75, 3.05) is 0 Å². The molecule has 0 fully saturated rings. The van der Waals surface area contributed by atoms with E-state index in [0.29, 0.717) is 9.94 Å². The molecule has 2 aromatic heterocycles. The van der Waals surface area contributed by atoms with E-state index >= 15 is 0 Å². The molecule has 7 heteroatoms. The zero-order chi connectivity index (χ0) is 14.4. The van der Waals surface area contributed by atoms with Crippen molar-refractivity contribution in [1.82, 2.24) is 9.97 Å². The summed E-state index contributed by atoms with van der Waals surface area (Å²) in [4.78, 5) is 7.36. The molecular formula is C12H13BBrFN2O2. The molecule has 0 radical (unpaired) electrons. The molecule has 100 valence electrons. The van der Waals surface area contributed by atoms with Crippen LogP contribution in [0.25, 0.3) is 0 Å². The fourth-order valence-corrected chi connectivity index (χ4v) is 1.71. The van der Waals surface area contributed by atoms with Gasteiger partial charge in [-0.1, -0.05) is 0 Å². The van der Waals surface area contributed by atoms with Crippen molar-refractivity contribution in [3.8, 4) is 0 Å². The van der Waals surface area contributed by atoms with Crippen molar-refractivity contribution in [1.29, 1.82) is 0 Å². The first-order chi connectivity index (χ1) is 8.90. The maximum absolute atomic E-state index is 12.3. The van der Waals surface area contributed by atoms with Gasteiger partial charge in [0, 0.05) is 18.1 Å². The lowest BCUT2D eigenvalue weighted by molar-refractivity contribution is 0.425. The number of hydrogen-bond acceptors (Lipinski definition) is 4. The Morgan fingerprint density at radius 3 is 2.32 bits per heavy atom. The van der Waals surface area contributed by atoms with Gasteiger partial charge in [0.2, 0.25) is 5.95 Å². The van der Waals surface area contributed by atoms with E-state index in [0.717, 1.165) is 11.3 Å². The van der Waals surface area contributed by atoms with Gasteiger partial charge >= 0.3 is 7.12 Å². The third kappa shape index (κ3) is 5.46. The number of aromatic nitrogens is 2. The Morgan fingerprint density at radius 1 is 1.21 bits per heavy atom. The molecule has 0 aliphatic carbocycles. The van der Waals surface area contributed by atoms with E-state index in [2.05, 4.69) is 25.9 Å². The van der Waals surface area contributed by atoms with Crippen molar-refractivity contribution >= 4 is 28.5 Å². The maximum atomic E-state index is 12.3. The molecule has 0 atom stereocenters. The van der Waals surface area contributed by atoms with Gasteiger partial charge in [-0.15, -0.1) is 0 Å². The summed E-state index contributed by atoms with van der Waals surface area (Å²) < 4.78 is 12.8. The molecule has 4 nitrogen and oxygen atoms in total. The number of hydrogen-bond donors (Lipinski definition) is 2. The largest absolute Gasteiger partial charge is 0.488 e. The van der Waals surface area contributed by atoms with Crippen LogP contribution in [0.1, 0.15) is 11.3 Å². The van der Waals surface area contributed by atoms with Crippen molar-refractivity contribution in [2.24, 2.45) is 0 Å². The van der Waals surface area contributed by atoms with Crippen LogP contribution in [0.4, 0.5) is 4.39 Å². The van der Waals surface area contributed by atoms with E-state index in [1.165, 1.54) is 6.20 Å². The van der Waals surface area contributed by atoms with Gasteiger partial charge in [0.15, 0.2) is 0 Å². The van der Waals surface area contributed by atoms with Crippen molar-refractivity contribution in [3.63, 3.8) is 0 Å². The summed E-state index contributed by atoms with van der Waals surface area (Å²) in [5, 5.41) is 17.4. The van der Waals surface area contributed by atoms with Crippen LogP contribution in [0.3, 0.4) is 0 Å². The highest BCUT2D eigenvalue weighted by atomic mass is 79.9. The molecule has 19 heavy (non-hydrogen) atoms. The topological polar surface area (TPSA) is 66.2 Å². The average molecular weight is 327 g/mol. The number of rotatable bonds is 1. The summed E-state index contributed by atoms with van der Waals surface area (Å²) >= 11 is 3.01. The lowest BCUT2D eigenvalue weighted by Crippen LogP contribution is -2.29. The third-order valence-corrected chi connectivity index (χ3v) is 2.71. The second-order valence-electron chi connectivity index (χ2n) is 3.89.